The number of hydrogen-bond donors (Lipinski definition) is 2. The van der Waals surface area contributed by atoms with Gasteiger partial charge in [0.2, 0.25) is 5.92 Å². The van der Waals surface area contributed by atoms with Gasteiger partial charge in [0, 0.05) is 80.3 Å². The van der Waals surface area contributed by atoms with Gasteiger partial charge in [-0.15, -0.1) is 0 Å². The third kappa shape index (κ3) is 6.60. The largest absolute Gasteiger partial charge is 0.490 e. The molecule has 2 N–H and O–H groups in total. The zero-order valence-electron chi connectivity index (χ0n) is 30.6. The van der Waals surface area contributed by atoms with Crippen LogP contribution < -0.4 is 10.1 Å². The molecule has 1 aromatic carbocycles. The molecule has 0 unspecified atom stereocenters. The van der Waals surface area contributed by atoms with Crippen LogP contribution in [-0.4, -0.2) is 79.0 Å². The Bertz CT molecular complexity index is 2000. The molecule has 302 valence electrons. The lowest BCUT2D eigenvalue weighted by Crippen LogP contribution is -2.70. The standard InChI is InChI=1S/C40H44F7N5O4/c41-37(42)7-3-25(4-8-37)52-20-31(29-2-1-28(16-32(29)52)56-27-5-9-51(10-6-27)26-17-38(43,44)18-26)34-48-19-30(33(49-34)40(45,46)47)35(53)50-39(36(54)55)23-12-21-11-22(14-23)15-24(39)13-21/h1-2,16,19-27H,3-15,17-18H2,(H,50,53)(H,54,55). The number of benzene rings is 1. The van der Waals surface area contributed by atoms with Crippen molar-refractivity contribution in [1.82, 2.24) is 24.8 Å². The third-order valence-corrected chi connectivity index (χ3v) is 13.9. The Hall–Kier alpha value is -3.95. The number of carboxylic acids is 1. The van der Waals surface area contributed by atoms with Gasteiger partial charge >= 0.3 is 12.1 Å². The Balaban J connectivity index is 1.02. The number of amides is 1. The van der Waals surface area contributed by atoms with Crippen molar-refractivity contribution < 1.29 is 50.2 Å². The van der Waals surface area contributed by atoms with Crippen molar-refractivity contribution in [3.63, 3.8) is 0 Å². The minimum Gasteiger partial charge on any atom is -0.490 e. The number of aromatic nitrogens is 3. The van der Waals surface area contributed by atoms with Gasteiger partial charge < -0.3 is 19.7 Å². The predicted octanol–water partition coefficient (Wildman–Crippen LogP) is 8.52. The van der Waals surface area contributed by atoms with Crippen molar-refractivity contribution in [2.24, 2.45) is 23.7 Å². The molecule has 9 nitrogen and oxygen atoms in total. The zero-order chi connectivity index (χ0) is 39.4. The van der Waals surface area contributed by atoms with Crippen LogP contribution in [0.4, 0.5) is 30.7 Å². The number of nitrogens with one attached hydrogen (secondary N) is 1. The molecule has 56 heavy (non-hydrogen) atoms. The highest BCUT2D eigenvalue weighted by Gasteiger charge is 2.62. The van der Waals surface area contributed by atoms with Crippen LogP contribution in [0.15, 0.2) is 30.6 Å². The Labute approximate surface area is 318 Å². The van der Waals surface area contributed by atoms with Gasteiger partial charge in [0.25, 0.3) is 11.8 Å². The zero-order valence-corrected chi connectivity index (χ0v) is 30.6. The lowest BCUT2D eigenvalue weighted by molar-refractivity contribution is -0.163. The van der Waals surface area contributed by atoms with E-state index < -0.39 is 52.7 Å². The molecule has 4 bridgehead atoms. The molecule has 3 heterocycles. The van der Waals surface area contributed by atoms with Crippen LogP contribution in [-0.2, 0) is 11.0 Å². The van der Waals surface area contributed by atoms with E-state index in [1.807, 2.05) is 0 Å². The number of rotatable bonds is 8. The highest BCUT2D eigenvalue weighted by molar-refractivity contribution is 6.00. The quantitative estimate of drug-likeness (QED) is 0.220. The molecule has 7 aliphatic rings. The summed E-state index contributed by atoms with van der Waals surface area (Å²) >= 11 is 0. The van der Waals surface area contributed by atoms with E-state index >= 15 is 0 Å². The average Bonchev–Trinajstić information content (AvgIpc) is 3.50. The van der Waals surface area contributed by atoms with E-state index in [9.17, 15) is 45.4 Å². The van der Waals surface area contributed by atoms with Crippen LogP contribution in [0, 0.1) is 23.7 Å². The van der Waals surface area contributed by atoms with E-state index in [1.54, 1.807) is 29.0 Å². The molecule has 10 rings (SSSR count). The number of alkyl halides is 7. The maximum atomic E-state index is 14.8. The smallest absolute Gasteiger partial charge is 0.434 e. The highest BCUT2D eigenvalue weighted by atomic mass is 19.4. The summed E-state index contributed by atoms with van der Waals surface area (Å²) in [4.78, 5) is 36.8. The summed E-state index contributed by atoms with van der Waals surface area (Å²) in [7, 11) is 0. The fourth-order valence-corrected chi connectivity index (χ4v) is 11.2. The third-order valence-electron chi connectivity index (χ3n) is 13.9. The number of carboxylic acid groups (broad SMARTS) is 1. The van der Waals surface area contributed by atoms with Crippen molar-refractivity contribution in [1.29, 1.82) is 0 Å². The lowest BCUT2D eigenvalue weighted by Gasteiger charge is -2.59. The van der Waals surface area contributed by atoms with E-state index in [-0.39, 0.29) is 73.9 Å². The van der Waals surface area contributed by atoms with Crippen molar-refractivity contribution in [2.75, 3.05) is 13.1 Å². The molecule has 6 saturated carbocycles. The topological polar surface area (TPSA) is 110 Å². The number of ether oxygens (including phenoxy) is 1. The highest BCUT2D eigenvalue weighted by Crippen LogP contribution is 2.58. The molecular formula is C40H44F7N5O4. The summed E-state index contributed by atoms with van der Waals surface area (Å²) in [6, 6.07) is 4.53. The van der Waals surface area contributed by atoms with Gasteiger partial charge in [-0.3, -0.25) is 9.69 Å². The number of carbonyl (C=O) groups is 2. The number of carbonyl (C=O) groups excluding carboxylic acids is 1. The number of piperidine rings is 1. The lowest BCUT2D eigenvalue weighted by atomic mass is 9.48. The summed E-state index contributed by atoms with van der Waals surface area (Å²) in [6.45, 7) is 1.22. The molecule has 6 aliphatic carbocycles. The molecule has 0 spiro atoms. The van der Waals surface area contributed by atoms with E-state index in [0.717, 1.165) is 12.6 Å². The number of aliphatic carboxylic acids is 1. The molecule has 0 atom stereocenters. The maximum Gasteiger partial charge on any atom is 0.434 e. The van der Waals surface area contributed by atoms with Crippen LogP contribution in [0.25, 0.3) is 22.3 Å². The Morgan fingerprint density at radius 3 is 2.11 bits per heavy atom. The first-order chi connectivity index (χ1) is 26.5. The number of hydrogen-bond acceptors (Lipinski definition) is 6. The van der Waals surface area contributed by atoms with Crippen LogP contribution in [0.5, 0.6) is 5.75 Å². The summed E-state index contributed by atoms with van der Waals surface area (Å²) in [5.41, 5.74) is -3.32. The molecule has 1 saturated heterocycles. The van der Waals surface area contributed by atoms with Crippen LogP contribution in [0.2, 0.25) is 0 Å². The Kier molecular flexibility index (Phi) is 8.94. The second kappa shape index (κ2) is 13.3. The molecular weight excluding hydrogens is 747 g/mol. The number of likely N-dealkylation sites (tertiary alicyclic amines) is 1. The van der Waals surface area contributed by atoms with Crippen molar-refractivity contribution in [2.45, 2.75) is 125 Å². The van der Waals surface area contributed by atoms with Gasteiger partial charge in [0.15, 0.2) is 11.5 Å². The minimum atomic E-state index is -5.10. The van der Waals surface area contributed by atoms with Crippen LogP contribution in [0.1, 0.15) is 106 Å². The van der Waals surface area contributed by atoms with Gasteiger partial charge in [0.1, 0.15) is 17.4 Å². The van der Waals surface area contributed by atoms with E-state index in [4.69, 9.17) is 4.74 Å². The average molecular weight is 792 g/mol. The number of fused-ring (bicyclic) bond motifs is 1. The second-order valence-corrected chi connectivity index (χ2v) is 17.4. The minimum absolute atomic E-state index is 0.128. The Morgan fingerprint density at radius 1 is 0.875 bits per heavy atom. The first-order valence-electron chi connectivity index (χ1n) is 19.8. The summed E-state index contributed by atoms with van der Waals surface area (Å²) < 4.78 is 108. The van der Waals surface area contributed by atoms with Crippen molar-refractivity contribution >= 4 is 22.8 Å². The molecule has 1 aliphatic heterocycles. The SMILES string of the molecule is O=C(NC1(C(=O)O)C2CC3CC(C2)CC1C3)c1cnc(-c2cn(C3CCC(F)(F)CC3)c3cc(OC4CCN(C5CC(F)(F)C5)CC4)ccc23)nc1C(F)(F)F. The number of halogens is 7. The molecule has 7 fully saturated rings. The normalized spacial score (nSPS) is 30.7. The summed E-state index contributed by atoms with van der Waals surface area (Å²) in [6.07, 6.45) is 0.968. The van der Waals surface area contributed by atoms with Gasteiger partial charge in [-0.1, -0.05) is 0 Å². The van der Waals surface area contributed by atoms with Gasteiger partial charge in [0.05, 0.1) is 11.1 Å². The number of nitrogens with zero attached hydrogens (tertiary/aromatic N) is 4. The van der Waals surface area contributed by atoms with E-state index in [0.29, 0.717) is 80.1 Å². The maximum absolute atomic E-state index is 14.8. The van der Waals surface area contributed by atoms with E-state index in [1.165, 1.54) is 0 Å². The Morgan fingerprint density at radius 2 is 1.52 bits per heavy atom. The van der Waals surface area contributed by atoms with Crippen LogP contribution >= 0.6 is 0 Å². The van der Waals surface area contributed by atoms with Gasteiger partial charge in [-0.05, 0) is 93.6 Å². The first-order valence-corrected chi connectivity index (χ1v) is 19.8. The monoisotopic (exact) mass is 791 g/mol. The predicted molar refractivity (Wildman–Crippen MR) is 188 cm³/mol. The summed E-state index contributed by atoms with van der Waals surface area (Å²) in [5, 5.41) is 13.5. The van der Waals surface area contributed by atoms with Crippen LogP contribution in [0.3, 0.4) is 0 Å². The molecule has 2 aromatic heterocycles. The fraction of sp³-hybridized carbons (Fsp3) is 0.650. The van der Waals surface area contributed by atoms with E-state index in [2.05, 4.69) is 20.2 Å². The molecule has 16 heteroatoms. The summed E-state index contributed by atoms with van der Waals surface area (Å²) in [5.74, 6) is -7.79. The van der Waals surface area contributed by atoms with Crippen molar-refractivity contribution in [3.05, 3.63) is 41.9 Å². The first kappa shape index (κ1) is 37.6. The van der Waals surface area contributed by atoms with Gasteiger partial charge in [-0.2, -0.15) is 13.2 Å². The molecule has 1 amide bonds. The molecule has 3 aromatic rings. The van der Waals surface area contributed by atoms with Gasteiger partial charge in [-0.25, -0.2) is 32.3 Å². The second-order valence-electron chi connectivity index (χ2n) is 17.4. The van der Waals surface area contributed by atoms with Crippen molar-refractivity contribution in [3.8, 4) is 17.1 Å². The fourth-order valence-electron chi connectivity index (χ4n) is 11.2. The molecule has 0 radical (unpaired) electrons.